The van der Waals surface area contributed by atoms with Crippen LogP contribution in [0.2, 0.25) is 0 Å². The number of ether oxygens (including phenoxy) is 1. The van der Waals surface area contributed by atoms with Gasteiger partial charge in [0, 0.05) is 24.1 Å². The number of carbonyl (C=O) groups excluding carboxylic acids is 3. The van der Waals surface area contributed by atoms with E-state index >= 15 is 0 Å². The number of amides is 3. The maximum atomic E-state index is 14.6. The van der Waals surface area contributed by atoms with Crippen LogP contribution in [-0.2, 0) is 22.6 Å². The van der Waals surface area contributed by atoms with Crippen molar-refractivity contribution in [3.05, 3.63) is 95.1 Å². The fourth-order valence-corrected chi connectivity index (χ4v) is 4.89. The number of phenolic OH excluding ortho intramolecular Hbond substituents is 1. The molecule has 1 aliphatic rings. The Morgan fingerprint density at radius 3 is 2.41 bits per heavy atom. The summed E-state index contributed by atoms with van der Waals surface area (Å²) in [4.78, 5) is 40.8. The van der Waals surface area contributed by atoms with Gasteiger partial charge in [0.05, 0.1) is 19.7 Å². The first-order chi connectivity index (χ1) is 19.7. The lowest BCUT2D eigenvalue weighted by molar-refractivity contribution is -0.146. The van der Waals surface area contributed by atoms with Crippen molar-refractivity contribution in [2.75, 3.05) is 13.7 Å². The number of nitrogens with zero attached hydrogens (tertiary/aromatic N) is 1. The Morgan fingerprint density at radius 1 is 1.02 bits per heavy atom. The number of aliphatic hydroxyl groups excluding tert-OH is 1. The summed E-state index contributed by atoms with van der Waals surface area (Å²) in [5.74, 6) is -1.39. The summed E-state index contributed by atoms with van der Waals surface area (Å²) in [6, 6.07) is 18.3. The molecule has 4 N–H and O–H groups in total. The van der Waals surface area contributed by atoms with E-state index in [0.717, 1.165) is 16.0 Å². The van der Waals surface area contributed by atoms with Crippen molar-refractivity contribution in [3.63, 3.8) is 0 Å². The van der Waals surface area contributed by atoms with Gasteiger partial charge in [0.1, 0.15) is 23.7 Å². The van der Waals surface area contributed by atoms with Gasteiger partial charge in [-0.25, -0.2) is 4.39 Å². The summed E-state index contributed by atoms with van der Waals surface area (Å²) >= 11 is 0. The maximum Gasteiger partial charge on any atom is 0.254 e. The first-order valence-electron chi connectivity index (χ1n) is 13.3. The molecule has 3 aromatic carbocycles. The van der Waals surface area contributed by atoms with Gasteiger partial charge >= 0.3 is 0 Å². The van der Waals surface area contributed by atoms with E-state index < -0.39 is 42.1 Å². The molecule has 1 heterocycles. The lowest BCUT2D eigenvalue weighted by Crippen LogP contribution is -2.55. The van der Waals surface area contributed by atoms with Crippen molar-refractivity contribution in [2.45, 2.75) is 50.7 Å². The molecule has 0 spiro atoms. The third-order valence-corrected chi connectivity index (χ3v) is 7.26. The van der Waals surface area contributed by atoms with E-state index in [-0.39, 0.29) is 37.2 Å². The molecule has 3 amide bonds. The van der Waals surface area contributed by atoms with Crippen LogP contribution < -0.4 is 15.4 Å². The third kappa shape index (κ3) is 7.20. The fraction of sp³-hybridized carbons (Fsp3) is 0.323. The highest BCUT2D eigenvalue weighted by Crippen LogP contribution is 2.24. The minimum Gasteiger partial charge on any atom is -0.508 e. The average Bonchev–Trinajstić information content (AvgIpc) is 3.38. The molecule has 3 aromatic rings. The Balaban J connectivity index is 1.50. The number of aliphatic hydroxyl groups is 1. The molecule has 4 atom stereocenters. The van der Waals surface area contributed by atoms with Gasteiger partial charge < -0.3 is 30.5 Å². The molecule has 1 fully saturated rings. The number of benzene rings is 3. The van der Waals surface area contributed by atoms with Crippen molar-refractivity contribution in [2.24, 2.45) is 0 Å². The zero-order valence-electron chi connectivity index (χ0n) is 22.9. The van der Waals surface area contributed by atoms with E-state index in [1.54, 1.807) is 62.6 Å². The molecule has 0 saturated carbocycles. The highest BCUT2D eigenvalue weighted by Gasteiger charge is 2.43. The molecule has 4 rings (SSSR count). The molecule has 0 radical (unpaired) electrons. The topological polar surface area (TPSA) is 128 Å². The van der Waals surface area contributed by atoms with E-state index in [9.17, 15) is 29.0 Å². The van der Waals surface area contributed by atoms with Crippen molar-refractivity contribution in [1.29, 1.82) is 0 Å². The number of alkyl halides is 1. The molecule has 1 saturated heterocycles. The number of hydrogen-bond acceptors (Lipinski definition) is 6. The van der Waals surface area contributed by atoms with Crippen LogP contribution in [0.3, 0.4) is 0 Å². The van der Waals surface area contributed by atoms with Crippen molar-refractivity contribution < 1.29 is 33.7 Å². The van der Waals surface area contributed by atoms with Crippen LogP contribution in [-0.4, -0.2) is 70.8 Å². The Bertz CT molecular complexity index is 1370. The van der Waals surface area contributed by atoms with E-state index in [2.05, 4.69) is 10.6 Å². The monoisotopic (exact) mass is 563 g/mol. The number of carbonyl (C=O) groups is 3. The SMILES string of the molecule is COc1ccc(CNC(=O)[C@@H]2C[C@H](F)CN2C(=O)[C@@H](O)[C@H](Cc2ccccc2)NC(=O)c2cccc(O)c2C)cc1. The first-order valence-corrected chi connectivity index (χ1v) is 13.3. The predicted octanol–water partition coefficient (Wildman–Crippen LogP) is 2.67. The van der Waals surface area contributed by atoms with Gasteiger partial charge in [0.25, 0.3) is 11.8 Å². The Labute approximate surface area is 237 Å². The Hall–Kier alpha value is -4.44. The van der Waals surface area contributed by atoms with Crippen molar-refractivity contribution >= 4 is 17.7 Å². The molecular weight excluding hydrogens is 529 g/mol. The number of likely N-dealkylation sites (tertiary alicyclic amines) is 1. The quantitative estimate of drug-likeness (QED) is 0.300. The summed E-state index contributed by atoms with van der Waals surface area (Å²) in [5, 5.41) is 26.7. The van der Waals surface area contributed by atoms with Gasteiger partial charge in [-0.3, -0.25) is 14.4 Å². The molecule has 216 valence electrons. The molecule has 10 heteroatoms. The van der Waals surface area contributed by atoms with Crippen LogP contribution in [0.1, 0.15) is 33.5 Å². The predicted molar refractivity (Wildman–Crippen MR) is 150 cm³/mol. The summed E-state index contributed by atoms with van der Waals surface area (Å²) in [5.41, 5.74) is 2.07. The van der Waals surface area contributed by atoms with E-state index in [0.29, 0.717) is 11.3 Å². The van der Waals surface area contributed by atoms with E-state index in [4.69, 9.17) is 4.74 Å². The molecule has 1 aliphatic heterocycles. The number of methoxy groups -OCH3 is 1. The molecular formula is C31H34FN3O6. The zero-order valence-corrected chi connectivity index (χ0v) is 22.9. The highest BCUT2D eigenvalue weighted by atomic mass is 19.1. The molecule has 0 aliphatic carbocycles. The molecule has 0 bridgehead atoms. The highest BCUT2D eigenvalue weighted by molar-refractivity contribution is 5.97. The zero-order chi connectivity index (χ0) is 29.5. The van der Waals surface area contributed by atoms with Crippen LogP contribution in [0.25, 0.3) is 0 Å². The van der Waals surface area contributed by atoms with Gasteiger partial charge in [0.15, 0.2) is 6.10 Å². The van der Waals surface area contributed by atoms with Gasteiger partial charge in [-0.2, -0.15) is 0 Å². The van der Waals surface area contributed by atoms with Gasteiger partial charge in [-0.15, -0.1) is 0 Å². The lowest BCUT2D eigenvalue weighted by atomic mass is 9.98. The van der Waals surface area contributed by atoms with Gasteiger partial charge in [-0.1, -0.05) is 48.5 Å². The third-order valence-electron chi connectivity index (χ3n) is 7.26. The number of rotatable bonds is 10. The lowest BCUT2D eigenvalue weighted by Gasteiger charge is -2.30. The molecule has 0 aromatic heterocycles. The number of nitrogens with one attached hydrogen (secondary N) is 2. The van der Waals surface area contributed by atoms with Crippen LogP contribution >= 0.6 is 0 Å². The molecule has 41 heavy (non-hydrogen) atoms. The van der Waals surface area contributed by atoms with Crippen LogP contribution in [0.15, 0.2) is 72.8 Å². The van der Waals surface area contributed by atoms with Gasteiger partial charge in [0.2, 0.25) is 5.91 Å². The number of hydrogen-bond donors (Lipinski definition) is 4. The van der Waals surface area contributed by atoms with Crippen molar-refractivity contribution in [3.8, 4) is 11.5 Å². The van der Waals surface area contributed by atoms with E-state index in [1.165, 1.54) is 18.2 Å². The number of phenols is 1. The Kier molecular flexibility index (Phi) is 9.57. The maximum absolute atomic E-state index is 14.6. The van der Waals surface area contributed by atoms with Crippen molar-refractivity contribution in [1.82, 2.24) is 15.5 Å². The average molecular weight is 564 g/mol. The summed E-state index contributed by atoms with van der Waals surface area (Å²) in [7, 11) is 1.55. The molecule has 0 unspecified atom stereocenters. The second-order valence-corrected chi connectivity index (χ2v) is 10.1. The second-order valence-electron chi connectivity index (χ2n) is 10.1. The number of halogens is 1. The first kappa shape index (κ1) is 29.5. The largest absolute Gasteiger partial charge is 0.508 e. The summed E-state index contributed by atoms with van der Waals surface area (Å²) in [6.45, 7) is 1.39. The Morgan fingerprint density at radius 2 is 1.73 bits per heavy atom. The smallest absolute Gasteiger partial charge is 0.254 e. The summed E-state index contributed by atoms with van der Waals surface area (Å²) in [6.07, 6.45) is -3.32. The molecule has 9 nitrogen and oxygen atoms in total. The minimum atomic E-state index is -1.76. The summed E-state index contributed by atoms with van der Waals surface area (Å²) < 4.78 is 19.7. The van der Waals surface area contributed by atoms with Crippen LogP contribution in [0, 0.1) is 6.92 Å². The second kappa shape index (κ2) is 13.3. The van der Waals surface area contributed by atoms with E-state index in [1.807, 2.05) is 6.07 Å². The minimum absolute atomic E-state index is 0.0663. The standard InChI is InChI=1S/C31H34FN3O6/c1-19-24(9-6-10-27(19)36)29(38)34-25(15-20-7-4-3-5-8-20)28(37)31(40)35-18-22(32)16-26(35)30(39)33-17-21-11-13-23(41-2)14-12-21/h3-14,22,25-26,28,36-37H,15-18H2,1-2H3,(H,33,39)(H,34,38)/t22-,25-,26-,28-/m0/s1. The number of aromatic hydroxyl groups is 1. The van der Waals surface area contributed by atoms with Crippen LogP contribution in [0.5, 0.6) is 11.5 Å². The normalized spacial score (nSPS) is 17.9. The van der Waals surface area contributed by atoms with Gasteiger partial charge in [-0.05, 0) is 48.7 Å². The van der Waals surface area contributed by atoms with Crippen LogP contribution in [0.4, 0.5) is 4.39 Å². The fourth-order valence-electron chi connectivity index (χ4n) is 4.89.